The molecule has 22 heavy (non-hydrogen) atoms. The highest BCUT2D eigenvalue weighted by Crippen LogP contribution is 2.11. The van der Waals surface area contributed by atoms with Crippen molar-refractivity contribution in [1.82, 2.24) is 9.80 Å². The predicted octanol–water partition coefficient (Wildman–Crippen LogP) is 2.79. The second-order valence-corrected chi connectivity index (χ2v) is 6.05. The number of nitrogens with zero attached hydrogens (tertiary/aromatic N) is 2. The second-order valence-electron chi connectivity index (χ2n) is 6.05. The molecule has 0 unspecified atom stereocenters. The molecule has 1 amide bonds. The zero-order valence-corrected chi connectivity index (χ0v) is 13.7. The number of likely N-dealkylation sites (tertiary alicyclic amines) is 1. The van der Waals surface area contributed by atoms with Gasteiger partial charge in [-0.1, -0.05) is 37.5 Å². The third-order valence-electron chi connectivity index (χ3n) is 4.10. The van der Waals surface area contributed by atoms with E-state index in [1.54, 1.807) is 0 Å². The minimum Gasteiger partial charge on any atom is -0.492 e. The van der Waals surface area contributed by atoms with Gasteiger partial charge in [0, 0.05) is 19.6 Å². The van der Waals surface area contributed by atoms with Crippen molar-refractivity contribution < 1.29 is 9.53 Å². The first-order valence-corrected chi connectivity index (χ1v) is 8.40. The Hall–Kier alpha value is -1.55. The van der Waals surface area contributed by atoms with E-state index in [0.29, 0.717) is 13.2 Å². The summed E-state index contributed by atoms with van der Waals surface area (Å²) < 4.78 is 5.67. The van der Waals surface area contributed by atoms with Crippen molar-refractivity contribution in [2.24, 2.45) is 0 Å². The van der Waals surface area contributed by atoms with E-state index in [2.05, 4.69) is 0 Å². The first-order chi connectivity index (χ1) is 10.8. The summed E-state index contributed by atoms with van der Waals surface area (Å²) in [6.45, 7) is 3.70. The molecule has 1 aromatic rings. The lowest BCUT2D eigenvalue weighted by Gasteiger charge is -2.27. The standard InChI is InChI=1S/C18H28N2O2/c1-19(14-15-22-17-10-6-5-7-11-17)16-18(21)20-12-8-3-2-4-9-13-20/h5-7,10-11H,2-4,8-9,12-16H2,1H3. The first kappa shape index (κ1) is 16.8. The van der Waals surface area contributed by atoms with Crippen molar-refractivity contribution in [1.29, 1.82) is 0 Å². The van der Waals surface area contributed by atoms with Gasteiger partial charge in [0.05, 0.1) is 6.54 Å². The molecule has 0 N–H and O–H groups in total. The van der Waals surface area contributed by atoms with Crippen LogP contribution in [-0.4, -0.2) is 55.5 Å². The molecule has 0 radical (unpaired) electrons. The van der Waals surface area contributed by atoms with Gasteiger partial charge in [-0.05, 0) is 32.0 Å². The van der Waals surface area contributed by atoms with Gasteiger partial charge >= 0.3 is 0 Å². The smallest absolute Gasteiger partial charge is 0.236 e. The molecule has 1 aromatic carbocycles. The third kappa shape index (κ3) is 6.06. The lowest BCUT2D eigenvalue weighted by Crippen LogP contribution is -2.41. The van der Waals surface area contributed by atoms with E-state index in [4.69, 9.17) is 4.74 Å². The molecule has 4 nitrogen and oxygen atoms in total. The summed E-state index contributed by atoms with van der Waals surface area (Å²) in [4.78, 5) is 16.4. The van der Waals surface area contributed by atoms with Crippen molar-refractivity contribution in [3.63, 3.8) is 0 Å². The number of rotatable bonds is 6. The molecule has 0 spiro atoms. The number of carbonyl (C=O) groups excluding carboxylic acids is 1. The van der Waals surface area contributed by atoms with Gasteiger partial charge < -0.3 is 9.64 Å². The van der Waals surface area contributed by atoms with E-state index < -0.39 is 0 Å². The summed E-state index contributed by atoms with van der Waals surface area (Å²) >= 11 is 0. The fourth-order valence-electron chi connectivity index (χ4n) is 2.74. The number of para-hydroxylation sites is 1. The Morgan fingerprint density at radius 2 is 1.73 bits per heavy atom. The molecular formula is C18H28N2O2. The molecule has 0 atom stereocenters. The molecule has 122 valence electrons. The van der Waals surface area contributed by atoms with E-state index in [1.807, 2.05) is 47.2 Å². The molecule has 2 rings (SSSR count). The quantitative estimate of drug-likeness (QED) is 0.810. The number of likely N-dealkylation sites (N-methyl/N-ethyl adjacent to an activating group) is 1. The van der Waals surface area contributed by atoms with Crippen LogP contribution in [0.4, 0.5) is 0 Å². The highest BCUT2D eigenvalue weighted by molar-refractivity contribution is 5.78. The highest BCUT2D eigenvalue weighted by atomic mass is 16.5. The highest BCUT2D eigenvalue weighted by Gasteiger charge is 2.16. The Bertz CT molecular complexity index is 428. The second kappa shape index (κ2) is 9.46. The van der Waals surface area contributed by atoms with Crippen molar-refractivity contribution >= 4 is 5.91 Å². The van der Waals surface area contributed by atoms with Crippen LogP contribution in [0, 0.1) is 0 Å². The predicted molar refractivity (Wildman–Crippen MR) is 89.1 cm³/mol. The van der Waals surface area contributed by atoms with Gasteiger partial charge in [-0.15, -0.1) is 0 Å². The molecule has 1 aliphatic heterocycles. The molecule has 0 bridgehead atoms. The summed E-state index contributed by atoms with van der Waals surface area (Å²) in [5, 5.41) is 0. The number of benzene rings is 1. The van der Waals surface area contributed by atoms with Crippen molar-refractivity contribution in [3.8, 4) is 5.75 Å². The summed E-state index contributed by atoms with van der Waals surface area (Å²) in [6.07, 6.45) is 6.12. The molecule has 0 aromatic heterocycles. The molecule has 0 aliphatic carbocycles. The Kier molecular flexibility index (Phi) is 7.23. The summed E-state index contributed by atoms with van der Waals surface area (Å²) in [6, 6.07) is 9.80. The maximum absolute atomic E-state index is 12.4. The van der Waals surface area contributed by atoms with Crippen LogP contribution < -0.4 is 4.74 Å². The maximum Gasteiger partial charge on any atom is 0.236 e. The van der Waals surface area contributed by atoms with Crippen LogP contribution in [-0.2, 0) is 4.79 Å². The van der Waals surface area contributed by atoms with Gasteiger partial charge in [0.2, 0.25) is 5.91 Å². The van der Waals surface area contributed by atoms with Crippen LogP contribution in [0.3, 0.4) is 0 Å². The van der Waals surface area contributed by atoms with Crippen LogP contribution in [0.5, 0.6) is 5.75 Å². The van der Waals surface area contributed by atoms with Crippen molar-refractivity contribution in [3.05, 3.63) is 30.3 Å². The Morgan fingerprint density at radius 3 is 2.41 bits per heavy atom. The molecule has 1 fully saturated rings. The zero-order valence-electron chi connectivity index (χ0n) is 13.7. The fraction of sp³-hybridized carbons (Fsp3) is 0.611. The Morgan fingerprint density at radius 1 is 1.09 bits per heavy atom. The fourth-order valence-corrected chi connectivity index (χ4v) is 2.74. The minimum absolute atomic E-state index is 0.254. The van der Waals surface area contributed by atoms with Gasteiger partial charge in [-0.2, -0.15) is 0 Å². The molecular weight excluding hydrogens is 276 g/mol. The largest absolute Gasteiger partial charge is 0.492 e. The van der Waals surface area contributed by atoms with E-state index in [0.717, 1.165) is 38.2 Å². The number of carbonyl (C=O) groups is 1. The van der Waals surface area contributed by atoms with Gasteiger partial charge in [0.1, 0.15) is 12.4 Å². The molecule has 1 heterocycles. The van der Waals surface area contributed by atoms with Crippen molar-refractivity contribution in [2.75, 3.05) is 39.8 Å². The Balaban J connectivity index is 1.66. The summed E-state index contributed by atoms with van der Waals surface area (Å²) in [5.74, 6) is 1.13. The minimum atomic E-state index is 0.254. The van der Waals surface area contributed by atoms with E-state index >= 15 is 0 Å². The maximum atomic E-state index is 12.4. The van der Waals surface area contributed by atoms with Gasteiger partial charge in [0.15, 0.2) is 0 Å². The average Bonchev–Trinajstić information content (AvgIpc) is 2.47. The number of amides is 1. The molecule has 1 saturated heterocycles. The Labute approximate surface area is 134 Å². The zero-order chi connectivity index (χ0) is 15.6. The van der Waals surface area contributed by atoms with E-state index in [9.17, 15) is 4.79 Å². The topological polar surface area (TPSA) is 32.8 Å². The van der Waals surface area contributed by atoms with Crippen LogP contribution in [0.25, 0.3) is 0 Å². The van der Waals surface area contributed by atoms with E-state index in [-0.39, 0.29) is 5.91 Å². The molecule has 1 aliphatic rings. The van der Waals surface area contributed by atoms with Gasteiger partial charge in [-0.25, -0.2) is 0 Å². The van der Waals surface area contributed by atoms with Gasteiger partial charge in [-0.3, -0.25) is 9.69 Å². The third-order valence-corrected chi connectivity index (χ3v) is 4.10. The molecule has 4 heteroatoms. The van der Waals surface area contributed by atoms with E-state index in [1.165, 1.54) is 19.3 Å². The van der Waals surface area contributed by atoms with Crippen LogP contribution in [0.1, 0.15) is 32.1 Å². The van der Waals surface area contributed by atoms with Crippen LogP contribution in [0.15, 0.2) is 30.3 Å². The summed E-state index contributed by atoms with van der Waals surface area (Å²) in [5.41, 5.74) is 0. The summed E-state index contributed by atoms with van der Waals surface area (Å²) in [7, 11) is 1.98. The normalized spacial score (nSPS) is 16.2. The SMILES string of the molecule is CN(CCOc1ccccc1)CC(=O)N1CCCCCCC1. The number of ether oxygens (including phenoxy) is 1. The first-order valence-electron chi connectivity index (χ1n) is 8.40. The lowest BCUT2D eigenvalue weighted by molar-refractivity contribution is -0.132. The van der Waals surface area contributed by atoms with Crippen molar-refractivity contribution in [2.45, 2.75) is 32.1 Å². The van der Waals surface area contributed by atoms with Crippen LogP contribution in [0.2, 0.25) is 0 Å². The number of hydrogen-bond acceptors (Lipinski definition) is 3. The lowest BCUT2D eigenvalue weighted by atomic mass is 10.1. The van der Waals surface area contributed by atoms with Crippen LogP contribution >= 0.6 is 0 Å². The monoisotopic (exact) mass is 304 g/mol. The average molecular weight is 304 g/mol. The number of hydrogen-bond donors (Lipinski definition) is 0. The van der Waals surface area contributed by atoms with Gasteiger partial charge in [0.25, 0.3) is 0 Å². The molecule has 0 saturated carbocycles.